The summed E-state index contributed by atoms with van der Waals surface area (Å²) in [5.41, 5.74) is 0.821. The fraction of sp³-hybridized carbons (Fsp3) is 0.636. The summed E-state index contributed by atoms with van der Waals surface area (Å²) < 4.78 is 43.4. The lowest BCUT2D eigenvalue weighted by atomic mass is 10.0. The molecule has 10 heteroatoms. The Morgan fingerprint density at radius 3 is 2.66 bits per heavy atom. The average Bonchev–Trinajstić information content (AvgIpc) is 2.73. The highest BCUT2D eigenvalue weighted by atomic mass is 19.4. The van der Waals surface area contributed by atoms with Crippen LogP contribution in [0.1, 0.15) is 32.3 Å². The number of likely N-dealkylation sites (N-methyl/N-ethyl adjacent to an activating group) is 1. The summed E-state index contributed by atoms with van der Waals surface area (Å²) in [6.07, 6.45) is -6.56. The van der Waals surface area contributed by atoms with Crippen molar-refractivity contribution in [2.75, 3.05) is 39.1 Å². The first kappa shape index (κ1) is 25.9. The summed E-state index contributed by atoms with van der Waals surface area (Å²) in [6, 6.07) is 4.36. The molecule has 0 unspecified atom stereocenters. The zero-order valence-corrected chi connectivity index (χ0v) is 18.9. The number of nitrogens with zero attached hydrogens (tertiary/aromatic N) is 2. The summed E-state index contributed by atoms with van der Waals surface area (Å²) in [5, 5.41) is 12.1. The SMILES string of the molecule is C[C@H]1CN([C@@H](C)CO)C(=O)Cc2cc(NC(=O)CCC(F)(F)F)ccc2O[C@H]1CN(C)C. The number of nitrogens with one attached hydrogen (secondary N) is 1. The van der Waals surface area contributed by atoms with E-state index in [1.807, 2.05) is 25.9 Å². The molecule has 0 saturated heterocycles. The lowest BCUT2D eigenvalue weighted by Gasteiger charge is -2.33. The maximum Gasteiger partial charge on any atom is 0.389 e. The van der Waals surface area contributed by atoms with Crippen molar-refractivity contribution in [2.45, 2.75) is 51.4 Å². The van der Waals surface area contributed by atoms with Gasteiger partial charge in [0.1, 0.15) is 11.9 Å². The summed E-state index contributed by atoms with van der Waals surface area (Å²) in [5.74, 6) is -0.492. The van der Waals surface area contributed by atoms with Crippen LogP contribution in [0.4, 0.5) is 18.9 Å². The van der Waals surface area contributed by atoms with E-state index in [9.17, 15) is 27.9 Å². The third-order valence-corrected chi connectivity index (χ3v) is 5.38. The van der Waals surface area contributed by atoms with Gasteiger partial charge in [0.15, 0.2) is 0 Å². The first-order valence-corrected chi connectivity index (χ1v) is 10.6. The molecule has 2 N–H and O–H groups in total. The third-order valence-electron chi connectivity index (χ3n) is 5.38. The number of amides is 2. The molecule has 32 heavy (non-hydrogen) atoms. The normalized spacial score (nSPS) is 20.7. The molecular weight excluding hydrogens is 427 g/mol. The number of carbonyl (C=O) groups excluding carboxylic acids is 2. The molecule has 3 atom stereocenters. The predicted molar refractivity (Wildman–Crippen MR) is 114 cm³/mol. The van der Waals surface area contributed by atoms with E-state index in [0.717, 1.165) is 0 Å². The number of halogens is 3. The largest absolute Gasteiger partial charge is 0.488 e. The highest BCUT2D eigenvalue weighted by molar-refractivity contribution is 5.91. The van der Waals surface area contributed by atoms with E-state index in [1.54, 1.807) is 30.0 Å². The molecule has 0 aliphatic carbocycles. The number of aliphatic hydroxyl groups is 1. The number of hydrogen-bond acceptors (Lipinski definition) is 5. The highest BCUT2D eigenvalue weighted by Gasteiger charge is 2.31. The quantitative estimate of drug-likeness (QED) is 0.655. The van der Waals surface area contributed by atoms with Gasteiger partial charge in [-0.05, 0) is 39.2 Å². The number of rotatable bonds is 7. The molecule has 2 amide bonds. The van der Waals surface area contributed by atoms with Gasteiger partial charge in [0.05, 0.1) is 25.5 Å². The highest BCUT2D eigenvalue weighted by Crippen LogP contribution is 2.29. The smallest absolute Gasteiger partial charge is 0.389 e. The maximum absolute atomic E-state index is 13.0. The number of aliphatic hydroxyl groups excluding tert-OH is 1. The van der Waals surface area contributed by atoms with Gasteiger partial charge in [0.25, 0.3) is 0 Å². The Hall–Kier alpha value is -2.33. The van der Waals surface area contributed by atoms with Crippen molar-refractivity contribution in [3.8, 4) is 5.75 Å². The van der Waals surface area contributed by atoms with Crippen molar-refractivity contribution in [3.63, 3.8) is 0 Å². The van der Waals surface area contributed by atoms with Crippen LogP contribution in [-0.2, 0) is 16.0 Å². The van der Waals surface area contributed by atoms with Gasteiger partial charge >= 0.3 is 6.18 Å². The molecule has 0 saturated carbocycles. The van der Waals surface area contributed by atoms with E-state index in [0.29, 0.717) is 30.1 Å². The Bertz CT molecular complexity index is 801. The van der Waals surface area contributed by atoms with Crippen LogP contribution in [0, 0.1) is 5.92 Å². The second-order valence-corrected chi connectivity index (χ2v) is 8.64. The van der Waals surface area contributed by atoms with E-state index in [1.165, 1.54) is 0 Å². The first-order chi connectivity index (χ1) is 14.9. The van der Waals surface area contributed by atoms with Gasteiger partial charge in [0, 0.05) is 36.7 Å². The summed E-state index contributed by atoms with van der Waals surface area (Å²) >= 11 is 0. The molecule has 0 radical (unpaired) electrons. The Morgan fingerprint density at radius 2 is 2.06 bits per heavy atom. The summed E-state index contributed by atoms with van der Waals surface area (Å²) in [4.78, 5) is 28.6. The topological polar surface area (TPSA) is 82.1 Å². The van der Waals surface area contributed by atoms with Crippen LogP contribution in [0.2, 0.25) is 0 Å². The molecule has 0 spiro atoms. The molecule has 0 aromatic heterocycles. The summed E-state index contributed by atoms with van der Waals surface area (Å²) in [7, 11) is 3.84. The molecular formula is C22H32F3N3O4. The zero-order chi connectivity index (χ0) is 24.1. The number of anilines is 1. The predicted octanol–water partition coefficient (Wildman–Crippen LogP) is 2.68. The number of fused-ring (bicyclic) bond motifs is 1. The van der Waals surface area contributed by atoms with Crippen molar-refractivity contribution in [3.05, 3.63) is 23.8 Å². The lowest BCUT2D eigenvalue weighted by molar-refractivity contribution is -0.142. The van der Waals surface area contributed by atoms with Crippen LogP contribution < -0.4 is 10.1 Å². The van der Waals surface area contributed by atoms with E-state index < -0.39 is 24.9 Å². The number of alkyl halides is 3. The van der Waals surface area contributed by atoms with Crippen molar-refractivity contribution in [1.29, 1.82) is 0 Å². The number of benzene rings is 1. The van der Waals surface area contributed by atoms with Gasteiger partial charge in [-0.25, -0.2) is 0 Å². The Morgan fingerprint density at radius 1 is 1.38 bits per heavy atom. The van der Waals surface area contributed by atoms with Gasteiger partial charge in [-0.1, -0.05) is 6.92 Å². The van der Waals surface area contributed by atoms with Gasteiger partial charge in [0.2, 0.25) is 11.8 Å². The molecule has 0 fully saturated rings. The number of hydrogen-bond donors (Lipinski definition) is 2. The lowest BCUT2D eigenvalue weighted by Crippen LogP contribution is -2.47. The fourth-order valence-electron chi connectivity index (χ4n) is 3.56. The third kappa shape index (κ3) is 7.67. The van der Waals surface area contributed by atoms with Crippen molar-refractivity contribution in [2.24, 2.45) is 5.92 Å². The second kappa shape index (κ2) is 11.0. The van der Waals surface area contributed by atoms with Crippen LogP contribution in [0.3, 0.4) is 0 Å². The Labute approximate surface area is 186 Å². The van der Waals surface area contributed by atoms with Crippen LogP contribution in [0.15, 0.2) is 18.2 Å². The summed E-state index contributed by atoms with van der Waals surface area (Å²) in [6.45, 7) is 4.58. The molecule has 1 heterocycles. The van der Waals surface area contributed by atoms with E-state index in [-0.39, 0.29) is 37.0 Å². The second-order valence-electron chi connectivity index (χ2n) is 8.64. The zero-order valence-electron chi connectivity index (χ0n) is 18.9. The van der Waals surface area contributed by atoms with Crippen molar-refractivity contribution < 1.29 is 32.6 Å². The van der Waals surface area contributed by atoms with Crippen molar-refractivity contribution >= 4 is 17.5 Å². The maximum atomic E-state index is 13.0. The minimum Gasteiger partial charge on any atom is -0.488 e. The fourth-order valence-corrected chi connectivity index (χ4v) is 3.56. The number of carbonyl (C=O) groups is 2. The van der Waals surface area contributed by atoms with Crippen LogP contribution in [-0.4, -0.2) is 78.8 Å². The van der Waals surface area contributed by atoms with E-state index in [2.05, 4.69) is 5.32 Å². The Kier molecular flexibility index (Phi) is 8.91. The van der Waals surface area contributed by atoms with Crippen LogP contribution in [0.5, 0.6) is 5.75 Å². The minimum atomic E-state index is -4.41. The van der Waals surface area contributed by atoms with Gasteiger partial charge < -0.3 is 25.0 Å². The average molecular weight is 460 g/mol. The van der Waals surface area contributed by atoms with Crippen LogP contribution in [0.25, 0.3) is 0 Å². The molecule has 180 valence electrons. The first-order valence-electron chi connectivity index (χ1n) is 10.6. The Balaban J connectivity index is 2.31. The molecule has 0 bridgehead atoms. The van der Waals surface area contributed by atoms with Gasteiger partial charge in [-0.15, -0.1) is 0 Å². The molecule has 7 nitrogen and oxygen atoms in total. The van der Waals surface area contributed by atoms with E-state index in [4.69, 9.17) is 4.74 Å². The number of ether oxygens (including phenoxy) is 1. The van der Waals surface area contributed by atoms with Crippen LogP contribution >= 0.6 is 0 Å². The van der Waals surface area contributed by atoms with E-state index >= 15 is 0 Å². The molecule has 1 aliphatic rings. The monoisotopic (exact) mass is 459 g/mol. The molecule has 1 aliphatic heterocycles. The van der Waals surface area contributed by atoms with Gasteiger partial charge in [-0.2, -0.15) is 13.2 Å². The molecule has 1 aromatic rings. The molecule has 2 rings (SSSR count). The standard InChI is InChI=1S/C22H32F3N3O4/c1-14-11-28(15(2)13-29)21(31)10-16-9-17(26-20(30)7-8-22(23,24)25)5-6-18(16)32-19(14)12-27(3)4/h5-6,9,14-15,19,29H,7-8,10-13H2,1-4H3,(H,26,30)/t14-,15-,19-/m0/s1. The van der Waals surface area contributed by atoms with Gasteiger partial charge in [-0.3, -0.25) is 9.59 Å². The minimum absolute atomic E-state index is 0.0205. The molecule has 1 aromatic carbocycles. The van der Waals surface area contributed by atoms with Crippen molar-refractivity contribution in [1.82, 2.24) is 9.80 Å².